The van der Waals surface area contributed by atoms with Crippen molar-refractivity contribution < 1.29 is 18.3 Å². The topological polar surface area (TPSA) is 74.7 Å². The molecule has 0 radical (unpaired) electrons. The summed E-state index contributed by atoms with van der Waals surface area (Å²) in [5.41, 5.74) is 1.81. The molecule has 0 amide bonds. The van der Waals surface area contributed by atoms with Crippen LogP contribution >= 0.6 is 0 Å². The molecule has 0 unspecified atom stereocenters. The van der Waals surface area contributed by atoms with Gasteiger partial charge < -0.3 is 5.11 Å². The monoisotopic (exact) mass is 311 g/mol. The number of carboxylic acid groups (broad SMARTS) is 1. The van der Waals surface area contributed by atoms with Gasteiger partial charge in [0.1, 0.15) is 6.04 Å². The average Bonchev–Trinajstić information content (AvgIpc) is 2.43. The highest BCUT2D eigenvalue weighted by Crippen LogP contribution is 2.26. The summed E-state index contributed by atoms with van der Waals surface area (Å²) < 4.78 is 26.1. The summed E-state index contributed by atoms with van der Waals surface area (Å²) in [5.74, 6) is -0.825. The molecular formula is C15H21NO4S. The molecule has 1 aliphatic heterocycles. The number of rotatable bonds is 5. The van der Waals surface area contributed by atoms with Crippen molar-refractivity contribution in [1.82, 2.24) is 4.31 Å². The van der Waals surface area contributed by atoms with Gasteiger partial charge in [0.25, 0.3) is 0 Å². The van der Waals surface area contributed by atoms with Crippen LogP contribution in [0.4, 0.5) is 0 Å². The van der Waals surface area contributed by atoms with Crippen LogP contribution in [0.1, 0.15) is 31.4 Å². The highest BCUT2D eigenvalue weighted by atomic mass is 32.2. The maximum atomic E-state index is 12.5. The third kappa shape index (κ3) is 3.63. The second-order valence-electron chi connectivity index (χ2n) is 5.87. The molecule has 1 N–H and O–H groups in total. The van der Waals surface area contributed by atoms with Gasteiger partial charge in [-0.15, -0.1) is 0 Å². The molecule has 5 nitrogen and oxygen atoms in total. The van der Waals surface area contributed by atoms with Crippen LogP contribution in [-0.2, 0) is 27.8 Å². The molecule has 0 spiro atoms. The summed E-state index contributed by atoms with van der Waals surface area (Å²) in [6, 6.07) is 6.42. The van der Waals surface area contributed by atoms with Gasteiger partial charge in [-0.3, -0.25) is 4.79 Å². The van der Waals surface area contributed by atoms with Gasteiger partial charge in [-0.25, -0.2) is 8.42 Å². The Balaban J connectivity index is 2.30. The molecule has 21 heavy (non-hydrogen) atoms. The number of aliphatic carboxylic acids is 1. The summed E-state index contributed by atoms with van der Waals surface area (Å²) in [7, 11) is -3.56. The van der Waals surface area contributed by atoms with Crippen LogP contribution in [0.25, 0.3) is 0 Å². The second-order valence-corrected chi connectivity index (χ2v) is 7.91. The normalized spacial score (nSPS) is 19.5. The summed E-state index contributed by atoms with van der Waals surface area (Å²) in [6.07, 6.45) is 0.763. The predicted octanol–water partition coefficient (Wildman–Crippen LogP) is 1.87. The summed E-state index contributed by atoms with van der Waals surface area (Å²) >= 11 is 0. The first-order valence-corrected chi connectivity index (χ1v) is 8.71. The summed E-state index contributed by atoms with van der Waals surface area (Å²) in [6.45, 7) is 4.05. The third-order valence-electron chi connectivity index (χ3n) is 3.80. The first-order chi connectivity index (χ1) is 9.81. The van der Waals surface area contributed by atoms with E-state index in [4.69, 9.17) is 0 Å². The molecule has 1 atom stereocenters. The molecule has 1 aromatic carbocycles. The standard InChI is InChI=1S/C15H21NO4S/c1-11(2)7-8-21(19,20)16-10-13-6-4-3-5-12(13)9-14(16)15(17)18/h3-6,11,14H,7-10H2,1-2H3,(H,17,18)/t14-/m0/s1. The number of carboxylic acids is 1. The zero-order valence-corrected chi connectivity index (χ0v) is 13.1. The largest absolute Gasteiger partial charge is 0.480 e. The molecule has 116 valence electrons. The van der Waals surface area contributed by atoms with Crippen LogP contribution in [0.3, 0.4) is 0 Å². The van der Waals surface area contributed by atoms with Gasteiger partial charge in [0.15, 0.2) is 0 Å². The Morgan fingerprint density at radius 3 is 2.52 bits per heavy atom. The van der Waals surface area contributed by atoms with Crippen molar-refractivity contribution in [3.05, 3.63) is 35.4 Å². The summed E-state index contributed by atoms with van der Waals surface area (Å²) in [5, 5.41) is 9.37. The van der Waals surface area contributed by atoms with Gasteiger partial charge in [-0.05, 0) is 23.5 Å². The lowest BCUT2D eigenvalue weighted by atomic mass is 9.96. The third-order valence-corrected chi connectivity index (χ3v) is 5.65. The van der Waals surface area contributed by atoms with E-state index in [2.05, 4.69) is 0 Å². The van der Waals surface area contributed by atoms with Crippen LogP contribution in [-0.4, -0.2) is 35.6 Å². The molecule has 0 saturated carbocycles. The Morgan fingerprint density at radius 1 is 1.33 bits per heavy atom. The van der Waals surface area contributed by atoms with Crippen molar-refractivity contribution in [3.8, 4) is 0 Å². The first kappa shape index (κ1) is 16.0. The van der Waals surface area contributed by atoms with E-state index in [9.17, 15) is 18.3 Å². The number of hydrogen-bond acceptors (Lipinski definition) is 3. The molecule has 2 rings (SSSR count). The molecule has 1 aromatic rings. The summed E-state index contributed by atoms with van der Waals surface area (Å²) in [4.78, 5) is 11.5. The zero-order chi connectivity index (χ0) is 15.6. The van der Waals surface area contributed by atoms with Crippen LogP contribution in [0.5, 0.6) is 0 Å². The SMILES string of the molecule is CC(C)CCS(=O)(=O)N1Cc2ccccc2C[C@H]1C(=O)O. The van der Waals surface area contributed by atoms with E-state index in [-0.39, 0.29) is 24.6 Å². The maximum absolute atomic E-state index is 12.5. The van der Waals surface area contributed by atoms with E-state index >= 15 is 0 Å². The zero-order valence-electron chi connectivity index (χ0n) is 12.3. The van der Waals surface area contributed by atoms with E-state index in [1.54, 1.807) is 0 Å². The van der Waals surface area contributed by atoms with E-state index < -0.39 is 22.0 Å². The fourth-order valence-electron chi connectivity index (χ4n) is 2.50. The second kappa shape index (κ2) is 6.15. The highest BCUT2D eigenvalue weighted by Gasteiger charge is 2.38. The Labute approximate surface area is 125 Å². The van der Waals surface area contributed by atoms with Gasteiger partial charge in [0.2, 0.25) is 10.0 Å². The van der Waals surface area contributed by atoms with Gasteiger partial charge in [0, 0.05) is 13.0 Å². The number of carbonyl (C=O) groups is 1. The van der Waals surface area contributed by atoms with Gasteiger partial charge in [-0.1, -0.05) is 38.1 Å². The van der Waals surface area contributed by atoms with Crippen molar-refractivity contribution in [2.75, 3.05) is 5.75 Å². The van der Waals surface area contributed by atoms with Gasteiger partial charge in [-0.2, -0.15) is 4.31 Å². The lowest BCUT2D eigenvalue weighted by Crippen LogP contribution is -2.49. The van der Waals surface area contributed by atoms with E-state index in [1.807, 2.05) is 38.1 Å². The Hall–Kier alpha value is -1.40. The number of nitrogens with zero attached hydrogens (tertiary/aromatic N) is 1. The average molecular weight is 311 g/mol. The highest BCUT2D eigenvalue weighted by molar-refractivity contribution is 7.89. The van der Waals surface area contributed by atoms with Crippen molar-refractivity contribution >= 4 is 16.0 Å². The van der Waals surface area contributed by atoms with Crippen LogP contribution in [0, 0.1) is 5.92 Å². The van der Waals surface area contributed by atoms with Crippen LogP contribution < -0.4 is 0 Å². The molecule has 0 fully saturated rings. The molecule has 6 heteroatoms. The molecule has 0 saturated heterocycles. The predicted molar refractivity (Wildman–Crippen MR) is 80.4 cm³/mol. The Kier molecular flexibility index (Phi) is 4.68. The number of fused-ring (bicyclic) bond motifs is 1. The van der Waals surface area contributed by atoms with Crippen molar-refractivity contribution in [2.45, 2.75) is 39.3 Å². The van der Waals surface area contributed by atoms with Gasteiger partial charge in [0.05, 0.1) is 5.75 Å². The lowest BCUT2D eigenvalue weighted by Gasteiger charge is -2.33. The van der Waals surface area contributed by atoms with E-state index in [0.29, 0.717) is 6.42 Å². The Bertz CT molecular complexity index is 624. The quantitative estimate of drug-likeness (QED) is 0.901. The maximum Gasteiger partial charge on any atom is 0.322 e. The van der Waals surface area contributed by atoms with Crippen molar-refractivity contribution in [2.24, 2.45) is 5.92 Å². The Morgan fingerprint density at radius 2 is 1.95 bits per heavy atom. The minimum atomic E-state index is -3.56. The van der Waals surface area contributed by atoms with Crippen molar-refractivity contribution in [1.29, 1.82) is 0 Å². The van der Waals surface area contributed by atoms with Crippen molar-refractivity contribution in [3.63, 3.8) is 0 Å². The lowest BCUT2D eigenvalue weighted by molar-refractivity contribution is -0.141. The van der Waals surface area contributed by atoms with Crippen LogP contribution in [0.15, 0.2) is 24.3 Å². The number of benzene rings is 1. The van der Waals surface area contributed by atoms with Crippen LogP contribution in [0.2, 0.25) is 0 Å². The first-order valence-electron chi connectivity index (χ1n) is 7.10. The minimum Gasteiger partial charge on any atom is -0.480 e. The minimum absolute atomic E-state index is 0.00336. The molecule has 1 aliphatic rings. The van der Waals surface area contributed by atoms with E-state index in [1.165, 1.54) is 0 Å². The molecule has 0 bridgehead atoms. The number of sulfonamides is 1. The molecule has 0 aliphatic carbocycles. The van der Waals surface area contributed by atoms with E-state index in [0.717, 1.165) is 15.4 Å². The fraction of sp³-hybridized carbons (Fsp3) is 0.533. The molecule has 1 heterocycles. The fourth-order valence-corrected chi connectivity index (χ4v) is 4.40. The molecule has 0 aromatic heterocycles. The smallest absolute Gasteiger partial charge is 0.322 e. The van der Waals surface area contributed by atoms with Gasteiger partial charge >= 0.3 is 5.97 Å². The molecular weight excluding hydrogens is 290 g/mol. The number of hydrogen-bond donors (Lipinski definition) is 1.